The molecule has 0 spiro atoms. The summed E-state index contributed by atoms with van der Waals surface area (Å²) in [7, 11) is 2.17. The summed E-state index contributed by atoms with van der Waals surface area (Å²) in [6.45, 7) is 8.09. The Kier molecular flexibility index (Phi) is 5.05. The summed E-state index contributed by atoms with van der Waals surface area (Å²) in [6.07, 6.45) is 1.69. The fourth-order valence-electron chi connectivity index (χ4n) is 3.44. The molecule has 0 bridgehead atoms. The van der Waals surface area contributed by atoms with Crippen LogP contribution in [0.15, 0.2) is 42.6 Å². The first-order valence-corrected chi connectivity index (χ1v) is 9.83. The van der Waals surface area contributed by atoms with E-state index in [-0.39, 0.29) is 11.8 Å². The van der Waals surface area contributed by atoms with Gasteiger partial charge >= 0.3 is 0 Å². The number of amides is 1. The first-order valence-electron chi connectivity index (χ1n) is 9.83. The summed E-state index contributed by atoms with van der Waals surface area (Å²) < 4.78 is 0. The molecule has 3 heterocycles. The van der Waals surface area contributed by atoms with Crippen LogP contribution < -0.4 is 10.2 Å². The van der Waals surface area contributed by atoms with Crippen LogP contribution in [-0.2, 0) is 4.79 Å². The number of nitrogens with zero attached hydrogens (tertiary/aromatic N) is 3. The predicted octanol–water partition coefficient (Wildman–Crippen LogP) is 3.58. The van der Waals surface area contributed by atoms with Crippen molar-refractivity contribution in [3.05, 3.63) is 42.6 Å². The number of pyridine rings is 1. The molecule has 2 N–H and O–H groups in total. The highest BCUT2D eigenvalue weighted by Gasteiger charge is 2.14. The molecule has 1 aromatic carbocycles. The van der Waals surface area contributed by atoms with Gasteiger partial charge in [0.15, 0.2) is 0 Å². The first-order chi connectivity index (χ1) is 13.5. The number of aromatic nitrogens is 2. The van der Waals surface area contributed by atoms with Gasteiger partial charge in [0, 0.05) is 48.9 Å². The van der Waals surface area contributed by atoms with Gasteiger partial charge in [-0.1, -0.05) is 26.0 Å². The molecule has 6 heteroatoms. The van der Waals surface area contributed by atoms with Gasteiger partial charge < -0.3 is 20.1 Å². The average Bonchev–Trinajstić information content (AvgIpc) is 3.12. The van der Waals surface area contributed by atoms with Gasteiger partial charge in [-0.05, 0) is 36.9 Å². The SMILES string of the molecule is CC(C)C(=O)Nc1cnc2[nH]c(-c3ccc(N4CCN(C)CC4)cc3)cc2c1. The maximum absolute atomic E-state index is 11.9. The number of anilines is 2. The first kappa shape index (κ1) is 18.5. The Balaban J connectivity index is 1.53. The Bertz CT molecular complexity index is 968. The lowest BCUT2D eigenvalue weighted by Crippen LogP contribution is -2.44. The molecule has 0 radical (unpaired) electrons. The average molecular weight is 377 g/mol. The molecule has 2 aromatic heterocycles. The van der Waals surface area contributed by atoms with Crippen LogP contribution in [0.25, 0.3) is 22.3 Å². The third-order valence-corrected chi connectivity index (χ3v) is 5.31. The number of fused-ring (bicyclic) bond motifs is 1. The highest BCUT2D eigenvalue weighted by molar-refractivity contribution is 5.94. The van der Waals surface area contributed by atoms with Crippen molar-refractivity contribution in [2.45, 2.75) is 13.8 Å². The number of H-pyrrole nitrogens is 1. The second kappa shape index (κ2) is 7.64. The van der Waals surface area contributed by atoms with Gasteiger partial charge in [-0.2, -0.15) is 0 Å². The number of hydrogen-bond donors (Lipinski definition) is 2. The number of aromatic amines is 1. The van der Waals surface area contributed by atoms with E-state index in [9.17, 15) is 4.79 Å². The Labute approximate surface area is 165 Å². The van der Waals surface area contributed by atoms with Crippen LogP contribution >= 0.6 is 0 Å². The van der Waals surface area contributed by atoms with Gasteiger partial charge in [-0.3, -0.25) is 4.79 Å². The van der Waals surface area contributed by atoms with Crippen molar-refractivity contribution in [1.82, 2.24) is 14.9 Å². The van der Waals surface area contributed by atoms with Crippen molar-refractivity contribution in [1.29, 1.82) is 0 Å². The highest BCUT2D eigenvalue weighted by Crippen LogP contribution is 2.27. The minimum atomic E-state index is -0.0590. The van der Waals surface area contributed by atoms with E-state index in [1.54, 1.807) is 6.20 Å². The number of likely N-dealkylation sites (N-methyl/N-ethyl adjacent to an activating group) is 1. The zero-order chi connectivity index (χ0) is 19.7. The maximum Gasteiger partial charge on any atom is 0.226 e. The molecule has 1 fully saturated rings. The van der Waals surface area contributed by atoms with Gasteiger partial charge in [0.2, 0.25) is 5.91 Å². The summed E-state index contributed by atoms with van der Waals surface area (Å²) in [4.78, 5) is 24.5. The lowest BCUT2D eigenvalue weighted by molar-refractivity contribution is -0.118. The monoisotopic (exact) mass is 377 g/mol. The van der Waals surface area contributed by atoms with Gasteiger partial charge in [0.05, 0.1) is 11.9 Å². The number of carbonyl (C=O) groups excluding carboxylic acids is 1. The van der Waals surface area contributed by atoms with Crippen LogP contribution in [0, 0.1) is 5.92 Å². The smallest absolute Gasteiger partial charge is 0.226 e. The van der Waals surface area contributed by atoms with Crippen LogP contribution in [-0.4, -0.2) is 54.0 Å². The second-order valence-corrected chi connectivity index (χ2v) is 7.83. The van der Waals surface area contributed by atoms with Gasteiger partial charge in [0.25, 0.3) is 0 Å². The van der Waals surface area contributed by atoms with Crippen molar-refractivity contribution < 1.29 is 4.79 Å². The summed E-state index contributed by atoms with van der Waals surface area (Å²) in [5.41, 5.74) is 4.97. The fourth-order valence-corrected chi connectivity index (χ4v) is 3.44. The number of hydrogen-bond acceptors (Lipinski definition) is 4. The predicted molar refractivity (Wildman–Crippen MR) is 115 cm³/mol. The second-order valence-electron chi connectivity index (χ2n) is 7.83. The van der Waals surface area contributed by atoms with E-state index < -0.39 is 0 Å². The van der Waals surface area contributed by atoms with Gasteiger partial charge in [-0.25, -0.2) is 4.98 Å². The Morgan fingerprint density at radius 2 is 1.82 bits per heavy atom. The third-order valence-electron chi connectivity index (χ3n) is 5.31. The number of rotatable bonds is 4. The van der Waals surface area contributed by atoms with E-state index in [1.165, 1.54) is 5.69 Å². The molecule has 0 unspecified atom stereocenters. The minimum absolute atomic E-state index is 0.00333. The topological polar surface area (TPSA) is 64.3 Å². The van der Waals surface area contributed by atoms with Crippen LogP contribution in [0.5, 0.6) is 0 Å². The molecular formula is C22H27N5O. The highest BCUT2D eigenvalue weighted by atomic mass is 16.1. The molecule has 1 aliphatic rings. The summed E-state index contributed by atoms with van der Waals surface area (Å²) in [5.74, 6) is -0.0623. The standard InChI is InChI=1S/C22H27N5O/c1-15(2)22(28)24-18-12-17-13-20(25-21(17)23-14-18)16-4-6-19(7-5-16)27-10-8-26(3)9-11-27/h4-7,12-15H,8-11H2,1-3H3,(H,23,25)(H,24,28). The molecule has 1 aliphatic heterocycles. The largest absolute Gasteiger partial charge is 0.369 e. The molecule has 3 aromatic rings. The zero-order valence-electron chi connectivity index (χ0n) is 16.7. The molecule has 0 atom stereocenters. The van der Waals surface area contributed by atoms with E-state index >= 15 is 0 Å². The van der Waals surface area contributed by atoms with Crippen molar-refractivity contribution in [2.24, 2.45) is 5.92 Å². The van der Waals surface area contributed by atoms with Crippen molar-refractivity contribution >= 4 is 28.3 Å². The zero-order valence-corrected chi connectivity index (χ0v) is 16.7. The van der Waals surface area contributed by atoms with Crippen LogP contribution in [0.1, 0.15) is 13.8 Å². The van der Waals surface area contributed by atoms with Crippen molar-refractivity contribution in [3.63, 3.8) is 0 Å². The lowest BCUT2D eigenvalue weighted by Gasteiger charge is -2.34. The van der Waals surface area contributed by atoms with E-state index in [0.29, 0.717) is 0 Å². The van der Waals surface area contributed by atoms with Gasteiger partial charge in [-0.15, -0.1) is 0 Å². The lowest BCUT2D eigenvalue weighted by atomic mass is 10.1. The summed E-state index contributed by atoms with van der Waals surface area (Å²) in [6, 6.07) is 12.7. The maximum atomic E-state index is 11.9. The molecule has 4 rings (SSSR count). The van der Waals surface area contributed by atoms with Crippen molar-refractivity contribution in [3.8, 4) is 11.3 Å². The van der Waals surface area contributed by atoms with E-state index in [1.807, 2.05) is 19.9 Å². The molecule has 28 heavy (non-hydrogen) atoms. The number of benzene rings is 1. The van der Waals surface area contributed by atoms with Gasteiger partial charge in [0.1, 0.15) is 5.65 Å². The van der Waals surface area contributed by atoms with E-state index in [2.05, 4.69) is 62.5 Å². The quantitative estimate of drug-likeness (QED) is 0.729. The Morgan fingerprint density at radius 3 is 2.50 bits per heavy atom. The van der Waals surface area contributed by atoms with Crippen LogP contribution in [0.4, 0.5) is 11.4 Å². The van der Waals surface area contributed by atoms with Crippen molar-refractivity contribution in [2.75, 3.05) is 43.4 Å². The number of carbonyl (C=O) groups is 1. The number of piperazine rings is 1. The molecule has 0 saturated carbocycles. The van der Waals surface area contributed by atoms with E-state index in [4.69, 9.17) is 0 Å². The molecule has 1 saturated heterocycles. The molecule has 1 amide bonds. The van der Waals surface area contributed by atoms with E-state index in [0.717, 1.165) is 54.2 Å². The Morgan fingerprint density at radius 1 is 1.11 bits per heavy atom. The Hall–Kier alpha value is -2.86. The van der Waals surface area contributed by atoms with Crippen LogP contribution in [0.3, 0.4) is 0 Å². The molecule has 0 aliphatic carbocycles. The third kappa shape index (κ3) is 3.87. The minimum Gasteiger partial charge on any atom is -0.369 e. The summed E-state index contributed by atoms with van der Waals surface area (Å²) >= 11 is 0. The molecule has 6 nitrogen and oxygen atoms in total. The number of nitrogens with one attached hydrogen (secondary N) is 2. The fraction of sp³-hybridized carbons (Fsp3) is 0.364. The van der Waals surface area contributed by atoms with Crippen LogP contribution in [0.2, 0.25) is 0 Å². The molecule has 146 valence electrons. The molecular weight excluding hydrogens is 350 g/mol. The normalized spacial score (nSPS) is 15.4. The summed E-state index contributed by atoms with van der Waals surface area (Å²) in [5, 5.41) is 3.89.